The normalized spacial score (nSPS) is 11.9. The molecule has 6 nitrogen and oxygen atoms in total. The van der Waals surface area contributed by atoms with Gasteiger partial charge in [-0.1, -0.05) is 15.9 Å². The fraction of sp³-hybridized carbons (Fsp3) is 0.278. The van der Waals surface area contributed by atoms with Crippen LogP contribution in [0, 0.1) is 0 Å². The molecular weight excluding hydrogens is 478 g/mol. The Bertz CT molecular complexity index is 895. The molecule has 0 unspecified atom stereocenters. The van der Waals surface area contributed by atoms with E-state index in [0.29, 0.717) is 4.47 Å². The minimum absolute atomic E-state index is 0.0797. The molecule has 11 heteroatoms. The summed E-state index contributed by atoms with van der Waals surface area (Å²) < 4.78 is 64.9. The van der Waals surface area contributed by atoms with Gasteiger partial charge in [0, 0.05) is 10.0 Å². The van der Waals surface area contributed by atoms with Crippen molar-refractivity contribution in [1.29, 1.82) is 0 Å². The van der Waals surface area contributed by atoms with Crippen molar-refractivity contribution in [3.05, 3.63) is 52.5 Å². The SMILES string of the molecule is CCOP(=O)(OCC)c1cc(Br)ccc1NC(=O)c1ccc(OC(F)(F)F)cc1. The van der Waals surface area contributed by atoms with Crippen molar-refractivity contribution >= 4 is 40.4 Å². The molecule has 2 aromatic rings. The number of anilines is 1. The van der Waals surface area contributed by atoms with Gasteiger partial charge < -0.3 is 19.1 Å². The Morgan fingerprint density at radius 2 is 1.66 bits per heavy atom. The topological polar surface area (TPSA) is 73.9 Å². The number of ether oxygens (including phenoxy) is 1. The van der Waals surface area contributed by atoms with Crippen LogP contribution in [0.1, 0.15) is 24.2 Å². The Morgan fingerprint density at radius 3 is 2.17 bits per heavy atom. The van der Waals surface area contributed by atoms with Gasteiger partial charge in [-0.3, -0.25) is 9.36 Å². The third-order valence-corrected chi connectivity index (χ3v) is 6.10. The highest BCUT2D eigenvalue weighted by molar-refractivity contribution is 9.10. The summed E-state index contributed by atoms with van der Waals surface area (Å²) in [4.78, 5) is 12.5. The van der Waals surface area contributed by atoms with E-state index in [-0.39, 0.29) is 29.8 Å². The Hall–Kier alpha value is -1.87. The molecule has 0 fully saturated rings. The lowest BCUT2D eigenvalue weighted by molar-refractivity contribution is -0.274. The second kappa shape index (κ2) is 9.75. The number of nitrogens with one attached hydrogen (secondary N) is 1. The molecule has 0 spiro atoms. The Morgan fingerprint density at radius 1 is 1.07 bits per heavy atom. The molecule has 0 aliphatic heterocycles. The van der Waals surface area contributed by atoms with E-state index in [9.17, 15) is 22.5 Å². The number of rotatable bonds is 8. The van der Waals surface area contributed by atoms with Crippen molar-refractivity contribution in [2.45, 2.75) is 20.2 Å². The standard InChI is InChI=1S/C18H18BrF3NO5P/c1-3-26-29(25,27-4-2)16-11-13(19)7-10-15(16)23-17(24)12-5-8-14(9-6-12)28-18(20,21)22/h5-11H,3-4H2,1-2H3,(H,23,24). The smallest absolute Gasteiger partial charge is 0.406 e. The van der Waals surface area contributed by atoms with Crippen LogP contribution < -0.4 is 15.4 Å². The van der Waals surface area contributed by atoms with Crippen molar-refractivity contribution < 1.29 is 36.3 Å². The molecule has 2 rings (SSSR count). The molecule has 158 valence electrons. The zero-order valence-electron chi connectivity index (χ0n) is 15.5. The molecule has 0 heterocycles. The summed E-state index contributed by atoms with van der Waals surface area (Å²) in [7, 11) is -3.71. The van der Waals surface area contributed by atoms with E-state index in [1.54, 1.807) is 19.9 Å². The van der Waals surface area contributed by atoms with Crippen LogP contribution in [0.25, 0.3) is 0 Å². The number of hydrogen-bond donors (Lipinski definition) is 1. The molecule has 29 heavy (non-hydrogen) atoms. The lowest BCUT2D eigenvalue weighted by atomic mass is 10.2. The first kappa shape index (κ1) is 23.4. The largest absolute Gasteiger partial charge is 0.573 e. The van der Waals surface area contributed by atoms with Crippen molar-refractivity contribution in [2.75, 3.05) is 18.5 Å². The third kappa shape index (κ3) is 6.57. The average molecular weight is 496 g/mol. The summed E-state index contributed by atoms with van der Waals surface area (Å²) >= 11 is 3.28. The Labute approximate surface area is 174 Å². The van der Waals surface area contributed by atoms with E-state index in [2.05, 4.69) is 26.0 Å². The van der Waals surface area contributed by atoms with Gasteiger partial charge in [0.15, 0.2) is 0 Å². The van der Waals surface area contributed by atoms with Crippen LogP contribution in [0.4, 0.5) is 18.9 Å². The predicted octanol–water partition coefficient (Wildman–Crippen LogP) is 5.49. The van der Waals surface area contributed by atoms with Crippen LogP contribution >= 0.6 is 23.5 Å². The number of alkyl halides is 3. The highest BCUT2D eigenvalue weighted by Gasteiger charge is 2.32. The second-order valence-electron chi connectivity index (χ2n) is 5.52. The molecule has 1 N–H and O–H groups in total. The molecule has 0 bridgehead atoms. The molecule has 0 radical (unpaired) electrons. The molecule has 0 aromatic heterocycles. The van der Waals surface area contributed by atoms with Crippen LogP contribution in [0.5, 0.6) is 5.75 Å². The summed E-state index contributed by atoms with van der Waals surface area (Å²) in [6.07, 6.45) is -4.82. The summed E-state index contributed by atoms with van der Waals surface area (Å²) in [6.45, 7) is 3.56. The Kier molecular flexibility index (Phi) is 7.87. The highest BCUT2D eigenvalue weighted by atomic mass is 79.9. The fourth-order valence-corrected chi connectivity index (χ4v) is 4.65. The molecule has 0 saturated carbocycles. The van der Waals surface area contributed by atoms with Crippen LogP contribution in [-0.2, 0) is 13.6 Å². The zero-order valence-corrected chi connectivity index (χ0v) is 17.9. The van der Waals surface area contributed by atoms with Gasteiger partial charge in [0.2, 0.25) is 0 Å². The molecule has 0 atom stereocenters. The first-order valence-electron chi connectivity index (χ1n) is 8.44. The van der Waals surface area contributed by atoms with Crippen LogP contribution in [0.2, 0.25) is 0 Å². The van der Waals surface area contributed by atoms with Gasteiger partial charge in [-0.05, 0) is 56.3 Å². The first-order valence-corrected chi connectivity index (χ1v) is 10.8. The number of halogens is 4. The van der Waals surface area contributed by atoms with Crippen molar-refractivity contribution in [2.24, 2.45) is 0 Å². The maximum absolute atomic E-state index is 13.1. The summed E-state index contributed by atoms with van der Waals surface area (Å²) in [5.41, 5.74) is 0.273. The minimum atomic E-state index is -4.82. The number of carbonyl (C=O) groups is 1. The van der Waals surface area contributed by atoms with Crippen LogP contribution in [-0.4, -0.2) is 25.5 Å². The van der Waals surface area contributed by atoms with Gasteiger partial charge >= 0.3 is 14.0 Å². The molecule has 0 aliphatic rings. The van der Waals surface area contributed by atoms with Crippen molar-refractivity contribution in [1.82, 2.24) is 0 Å². The molecule has 0 saturated heterocycles. The molecular formula is C18H18BrF3NO5P. The zero-order chi connectivity index (χ0) is 21.7. The number of carbonyl (C=O) groups excluding carboxylic acids is 1. The third-order valence-electron chi connectivity index (χ3n) is 3.45. The van der Waals surface area contributed by atoms with Crippen LogP contribution in [0.15, 0.2) is 46.9 Å². The van der Waals surface area contributed by atoms with Gasteiger partial charge in [-0.25, -0.2) is 0 Å². The first-order chi connectivity index (χ1) is 13.6. The molecule has 0 aliphatic carbocycles. The summed E-state index contributed by atoms with van der Waals surface area (Å²) in [5, 5.41) is 2.74. The molecule has 1 amide bonds. The monoisotopic (exact) mass is 495 g/mol. The van der Waals surface area contributed by atoms with E-state index >= 15 is 0 Å². The van der Waals surface area contributed by atoms with E-state index < -0.39 is 25.6 Å². The Balaban J connectivity index is 2.30. The lowest BCUT2D eigenvalue weighted by Gasteiger charge is -2.20. The number of amides is 1. The van der Waals surface area contributed by atoms with E-state index in [4.69, 9.17) is 9.05 Å². The van der Waals surface area contributed by atoms with Gasteiger partial charge in [-0.2, -0.15) is 0 Å². The fourth-order valence-electron chi connectivity index (χ4n) is 2.36. The van der Waals surface area contributed by atoms with E-state index in [1.807, 2.05) is 0 Å². The van der Waals surface area contributed by atoms with Crippen LogP contribution in [0.3, 0.4) is 0 Å². The average Bonchev–Trinajstić information content (AvgIpc) is 2.63. The second-order valence-corrected chi connectivity index (χ2v) is 8.43. The van der Waals surface area contributed by atoms with Gasteiger partial charge in [0.05, 0.1) is 24.2 Å². The van der Waals surface area contributed by atoms with Gasteiger partial charge in [-0.15, -0.1) is 13.2 Å². The molecule has 2 aromatic carbocycles. The van der Waals surface area contributed by atoms with E-state index in [1.165, 1.54) is 24.3 Å². The quantitative estimate of drug-likeness (QED) is 0.490. The van der Waals surface area contributed by atoms with E-state index in [0.717, 1.165) is 12.1 Å². The predicted molar refractivity (Wildman–Crippen MR) is 106 cm³/mol. The highest BCUT2D eigenvalue weighted by Crippen LogP contribution is 2.49. The van der Waals surface area contributed by atoms with Crippen molar-refractivity contribution in [3.8, 4) is 5.75 Å². The minimum Gasteiger partial charge on any atom is -0.406 e. The van der Waals surface area contributed by atoms with Gasteiger partial charge in [0.1, 0.15) is 5.75 Å². The van der Waals surface area contributed by atoms with Crippen molar-refractivity contribution in [3.63, 3.8) is 0 Å². The summed E-state index contributed by atoms with van der Waals surface area (Å²) in [6, 6.07) is 9.07. The maximum atomic E-state index is 13.1. The summed E-state index contributed by atoms with van der Waals surface area (Å²) in [5.74, 6) is -1.07. The number of benzene rings is 2. The number of hydrogen-bond acceptors (Lipinski definition) is 5. The van der Waals surface area contributed by atoms with Gasteiger partial charge in [0.25, 0.3) is 5.91 Å². The lowest BCUT2D eigenvalue weighted by Crippen LogP contribution is -2.21. The maximum Gasteiger partial charge on any atom is 0.573 e.